The quantitative estimate of drug-likeness (QED) is 0.326. The van der Waals surface area contributed by atoms with E-state index in [1.54, 1.807) is 24.4 Å². The fraction of sp³-hybridized carbons (Fsp3) is 0.174. The molecule has 3 rings (SSSR count). The second-order valence-electron chi connectivity index (χ2n) is 6.99. The lowest BCUT2D eigenvalue weighted by Gasteiger charge is -2.13. The van der Waals surface area contributed by atoms with Gasteiger partial charge in [0.15, 0.2) is 5.75 Å². The number of ether oxygens (including phenoxy) is 2. The number of amides is 1. The molecule has 0 atom stereocenters. The van der Waals surface area contributed by atoms with Gasteiger partial charge in [0, 0.05) is 24.0 Å². The maximum atomic E-state index is 12.0. The van der Waals surface area contributed by atoms with E-state index in [2.05, 4.69) is 15.5 Å². The van der Waals surface area contributed by atoms with Gasteiger partial charge in [-0.3, -0.25) is 19.9 Å². The van der Waals surface area contributed by atoms with Crippen LogP contribution in [0.4, 0.5) is 5.69 Å². The zero-order chi connectivity index (χ0) is 23.1. The van der Waals surface area contributed by atoms with Crippen molar-refractivity contribution >= 4 is 17.8 Å². The third-order valence-corrected chi connectivity index (χ3v) is 4.65. The van der Waals surface area contributed by atoms with Gasteiger partial charge >= 0.3 is 5.69 Å². The maximum Gasteiger partial charge on any atom is 0.315 e. The number of nitro benzene ring substituents is 1. The summed E-state index contributed by atoms with van der Waals surface area (Å²) >= 11 is 0. The molecular formula is C23H22N4O5. The number of hydrogen-bond acceptors (Lipinski definition) is 7. The highest BCUT2D eigenvalue weighted by molar-refractivity contribution is 5.94. The molecule has 0 bridgehead atoms. The number of nitrogens with zero attached hydrogens (tertiary/aromatic N) is 3. The van der Waals surface area contributed by atoms with Crippen molar-refractivity contribution in [3.8, 4) is 11.5 Å². The molecule has 164 valence electrons. The van der Waals surface area contributed by atoms with Crippen molar-refractivity contribution in [2.24, 2.45) is 5.10 Å². The average molecular weight is 434 g/mol. The summed E-state index contributed by atoms with van der Waals surface area (Å²) < 4.78 is 11.1. The fourth-order valence-corrected chi connectivity index (χ4v) is 2.95. The summed E-state index contributed by atoms with van der Waals surface area (Å²) in [4.78, 5) is 27.0. The summed E-state index contributed by atoms with van der Waals surface area (Å²) in [6.07, 6.45) is 4.24. The Hall–Kier alpha value is -4.27. The third kappa shape index (κ3) is 5.45. The SMILES string of the molecule is COc1cc(/C=N\NC(=O)c2cccnc2)cc([N+](=O)[O-])c1OCc1cc(C)ccc1C. The van der Waals surface area contributed by atoms with Gasteiger partial charge in [-0.05, 0) is 43.2 Å². The summed E-state index contributed by atoms with van der Waals surface area (Å²) in [6.45, 7) is 4.07. The summed E-state index contributed by atoms with van der Waals surface area (Å²) in [6, 6.07) is 12.0. The van der Waals surface area contributed by atoms with Crippen LogP contribution in [0.5, 0.6) is 11.5 Å². The van der Waals surface area contributed by atoms with Gasteiger partial charge in [0.2, 0.25) is 5.75 Å². The Morgan fingerprint density at radius 3 is 2.75 bits per heavy atom. The van der Waals surface area contributed by atoms with E-state index in [0.717, 1.165) is 16.7 Å². The molecule has 32 heavy (non-hydrogen) atoms. The van der Waals surface area contributed by atoms with Crippen molar-refractivity contribution in [3.05, 3.63) is 92.8 Å². The van der Waals surface area contributed by atoms with Crippen LogP contribution in [0.2, 0.25) is 0 Å². The van der Waals surface area contributed by atoms with E-state index in [1.165, 1.54) is 25.6 Å². The number of methoxy groups -OCH3 is 1. The molecule has 3 aromatic rings. The lowest BCUT2D eigenvalue weighted by molar-refractivity contribution is -0.386. The summed E-state index contributed by atoms with van der Waals surface area (Å²) in [5.41, 5.74) is 5.79. The molecule has 0 radical (unpaired) electrons. The molecule has 1 aromatic heterocycles. The third-order valence-electron chi connectivity index (χ3n) is 4.65. The Balaban J connectivity index is 1.82. The van der Waals surface area contributed by atoms with Gasteiger partial charge in [-0.2, -0.15) is 5.10 Å². The molecule has 0 fully saturated rings. The van der Waals surface area contributed by atoms with Gasteiger partial charge in [-0.15, -0.1) is 0 Å². The van der Waals surface area contributed by atoms with Gasteiger partial charge < -0.3 is 9.47 Å². The van der Waals surface area contributed by atoms with Gasteiger partial charge in [-0.1, -0.05) is 23.8 Å². The van der Waals surface area contributed by atoms with Crippen LogP contribution in [0, 0.1) is 24.0 Å². The fourth-order valence-electron chi connectivity index (χ4n) is 2.95. The second-order valence-corrected chi connectivity index (χ2v) is 6.99. The second kappa shape index (κ2) is 10.2. The molecule has 0 saturated carbocycles. The van der Waals surface area contributed by atoms with E-state index in [-0.39, 0.29) is 23.8 Å². The van der Waals surface area contributed by atoms with Gasteiger partial charge in [-0.25, -0.2) is 5.43 Å². The molecule has 0 aliphatic rings. The highest BCUT2D eigenvalue weighted by Gasteiger charge is 2.22. The molecule has 0 spiro atoms. The molecular weight excluding hydrogens is 412 g/mol. The van der Waals surface area contributed by atoms with E-state index in [1.807, 2.05) is 32.0 Å². The first kappa shape index (κ1) is 22.4. The summed E-state index contributed by atoms with van der Waals surface area (Å²) in [7, 11) is 1.40. The molecule has 0 unspecified atom stereocenters. The van der Waals surface area contributed by atoms with Gasteiger partial charge in [0.05, 0.1) is 23.8 Å². The Morgan fingerprint density at radius 2 is 2.06 bits per heavy atom. The highest BCUT2D eigenvalue weighted by atomic mass is 16.6. The minimum Gasteiger partial charge on any atom is -0.493 e. The van der Waals surface area contributed by atoms with Gasteiger partial charge in [0.1, 0.15) is 6.61 Å². The summed E-state index contributed by atoms with van der Waals surface area (Å²) in [5.74, 6) is -0.246. The largest absolute Gasteiger partial charge is 0.493 e. The first-order valence-corrected chi connectivity index (χ1v) is 9.68. The Morgan fingerprint density at radius 1 is 1.25 bits per heavy atom. The molecule has 2 aromatic carbocycles. The molecule has 9 nitrogen and oxygen atoms in total. The number of rotatable bonds is 8. The number of aryl methyl sites for hydroxylation is 2. The smallest absolute Gasteiger partial charge is 0.315 e. The number of nitrogens with one attached hydrogen (secondary N) is 1. The predicted octanol–water partition coefficient (Wildman–Crippen LogP) is 3.96. The molecule has 0 aliphatic carbocycles. The average Bonchev–Trinajstić information content (AvgIpc) is 2.80. The Kier molecular flexibility index (Phi) is 7.12. The maximum absolute atomic E-state index is 12.0. The zero-order valence-electron chi connectivity index (χ0n) is 17.9. The van der Waals surface area contributed by atoms with Crippen LogP contribution in [-0.4, -0.2) is 29.1 Å². The van der Waals surface area contributed by atoms with Crippen molar-refractivity contribution in [1.82, 2.24) is 10.4 Å². The van der Waals surface area contributed by atoms with Crippen LogP contribution in [0.3, 0.4) is 0 Å². The minimum atomic E-state index is -0.549. The Labute approximate surface area is 184 Å². The van der Waals surface area contributed by atoms with E-state index in [9.17, 15) is 14.9 Å². The Bertz CT molecular complexity index is 1160. The number of hydrazone groups is 1. The van der Waals surface area contributed by atoms with Crippen LogP contribution < -0.4 is 14.9 Å². The minimum absolute atomic E-state index is 0.0231. The van der Waals surface area contributed by atoms with Crippen molar-refractivity contribution in [1.29, 1.82) is 0 Å². The van der Waals surface area contributed by atoms with E-state index in [4.69, 9.17) is 9.47 Å². The predicted molar refractivity (Wildman–Crippen MR) is 119 cm³/mol. The van der Waals surface area contributed by atoms with Crippen molar-refractivity contribution in [2.45, 2.75) is 20.5 Å². The molecule has 0 aliphatic heterocycles. The molecule has 1 heterocycles. The van der Waals surface area contributed by atoms with Crippen LogP contribution in [-0.2, 0) is 6.61 Å². The molecule has 0 saturated heterocycles. The number of hydrogen-bond donors (Lipinski definition) is 1. The first-order valence-electron chi connectivity index (χ1n) is 9.68. The number of benzene rings is 2. The summed E-state index contributed by atoms with van der Waals surface area (Å²) in [5, 5.41) is 15.6. The normalized spacial score (nSPS) is 10.7. The van der Waals surface area contributed by atoms with Crippen molar-refractivity contribution in [2.75, 3.05) is 7.11 Å². The number of aromatic nitrogens is 1. The lowest BCUT2D eigenvalue weighted by atomic mass is 10.1. The van der Waals surface area contributed by atoms with Crippen LogP contribution in [0.1, 0.15) is 32.6 Å². The van der Waals surface area contributed by atoms with Crippen LogP contribution >= 0.6 is 0 Å². The van der Waals surface area contributed by atoms with E-state index < -0.39 is 10.8 Å². The number of pyridine rings is 1. The number of carbonyl (C=O) groups is 1. The topological polar surface area (TPSA) is 116 Å². The monoisotopic (exact) mass is 434 g/mol. The zero-order valence-corrected chi connectivity index (χ0v) is 17.9. The highest BCUT2D eigenvalue weighted by Crippen LogP contribution is 2.38. The molecule has 9 heteroatoms. The van der Waals surface area contributed by atoms with Gasteiger partial charge in [0.25, 0.3) is 5.91 Å². The van der Waals surface area contributed by atoms with Crippen LogP contribution in [0.15, 0.2) is 60.0 Å². The molecule has 1 amide bonds. The number of nitro groups is 1. The number of carbonyl (C=O) groups excluding carboxylic acids is 1. The van der Waals surface area contributed by atoms with E-state index >= 15 is 0 Å². The van der Waals surface area contributed by atoms with Crippen molar-refractivity contribution in [3.63, 3.8) is 0 Å². The van der Waals surface area contributed by atoms with E-state index in [0.29, 0.717) is 11.1 Å². The molecule has 1 N–H and O–H groups in total. The van der Waals surface area contributed by atoms with Crippen LogP contribution in [0.25, 0.3) is 0 Å². The van der Waals surface area contributed by atoms with Crippen molar-refractivity contribution < 1.29 is 19.2 Å². The standard InChI is InChI=1S/C23H22N4O5/c1-15-6-7-16(2)19(9-15)14-32-22-20(27(29)30)10-17(11-21(22)31-3)12-25-26-23(28)18-5-4-8-24-13-18/h4-13H,14H2,1-3H3,(H,26,28)/b25-12-. The first-order chi connectivity index (χ1) is 15.4. The lowest BCUT2D eigenvalue weighted by Crippen LogP contribution is -2.17.